The first-order valence-corrected chi connectivity index (χ1v) is 11.8. The number of sulfonamides is 1. The second kappa shape index (κ2) is 9.11. The van der Waals surface area contributed by atoms with E-state index in [9.17, 15) is 13.2 Å². The lowest BCUT2D eigenvalue weighted by Crippen LogP contribution is -2.35. The summed E-state index contributed by atoms with van der Waals surface area (Å²) in [5.41, 5.74) is 2.32. The molecular formula is C23H26N2O5S. The van der Waals surface area contributed by atoms with Crippen molar-refractivity contribution in [3.05, 3.63) is 59.9 Å². The van der Waals surface area contributed by atoms with Crippen molar-refractivity contribution in [2.75, 3.05) is 20.2 Å². The fourth-order valence-corrected chi connectivity index (χ4v) is 5.31. The summed E-state index contributed by atoms with van der Waals surface area (Å²) in [4.78, 5) is 12.7. The van der Waals surface area contributed by atoms with Crippen LogP contribution in [-0.4, -0.2) is 38.8 Å². The Morgan fingerprint density at radius 3 is 2.55 bits per heavy atom. The Morgan fingerprint density at radius 1 is 1.10 bits per heavy atom. The van der Waals surface area contributed by atoms with Gasteiger partial charge in [0.15, 0.2) is 0 Å². The Bertz CT molecular complexity index is 1160. The van der Waals surface area contributed by atoms with E-state index in [0.717, 1.165) is 35.8 Å². The minimum absolute atomic E-state index is 0.136. The van der Waals surface area contributed by atoms with Gasteiger partial charge in [-0.15, -0.1) is 0 Å². The lowest BCUT2D eigenvalue weighted by molar-refractivity contribution is -0.120. The van der Waals surface area contributed by atoms with Crippen molar-refractivity contribution in [2.45, 2.75) is 37.1 Å². The average Bonchev–Trinajstić information content (AvgIpc) is 3.20. The summed E-state index contributed by atoms with van der Waals surface area (Å²) in [6.07, 6.45) is 4.67. The molecule has 0 atom stereocenters. The van der Waals surface area contributed by atoms with Crippen molar-refractivity contribution in [3.8, 4) is 5.75 Å². The van der Waals surface area contributed by atoms with Crippen molar-refractivity contribution in [1.29, 1.82) is 0 Å². The summed E-state index contributed by atoms with van der Waals surface area (Å²) in [5, 5.41) is 3.76. The molecule has 0 saturated carbocycles. The second-order valence-electron chi connectivity index (χ2n) is 7.69. The molecule has 8 heteroatoms. The van der Waals surface area contributed by atoms with Crippen LogP contribution in [0.3, 0.4) is 0 Å². The molecule has 1 amide bonds. The molecule has 1 saturated heterocycles. The SMILES string of the molecule is COc1ccc2c(CC(=O)NCc3ccc(S(=O)(=O)N4CCCCC4)cc3)coc2c1. The standard InChI is InChI=1S/C23H26N2O5S/c1-29-19-7-10-21-18(16-30-22(21)14-19)13-23(26)24-15-17-5-8-20(9-6-17)31(27,28)25-11-3-2-4-12-25/h5-10,14,16H,2-4,11-13,15H2,1H3,(H,24,26). The van der Waals surface area contributed by atoms with Crippen LogP contribution >= 0.6 is 0 Å². The number of hydrogen-bond acceptors (Lipinski definition) is 5. The van der Waals surface area contributed by atoms with Crippen LogP contribution in [0.25, 0.3) is 11.0 Å². The Labute approximate surface area is 182 Å². The van der Waals surface area contributed by atoms with Gasteiger partial charge in [0.2, 0.25) is 15.9 Å². The third kappa shape index (κ3) is 4.75. The number of methoxy groups -OCH3 is 1. The summed E-state index contributed by atoms with van der Waals surface area (Å²) in [6.45, 7) is 1.48. The molecule has 1 N–H and O–H groups in total. The van der Waals surface area contributed by atoms with E-state index in [-0.39, 0.29) is 12.3 Å². The van der Waals surface area contributed by atoms with Crippen LogP contribution in [0.2, 0.25) is 0 Å². The van der Waals surface area contributed by atoms with Crippen molar-refractivity contribution >= 4 is 26.9 Å². The maximum absolute atomic E-state index is 12.7. The molecule has 0 aliphatic carbocycles. The summed E-state index contributed by atoms with van der Waals surface area (Å²) < 4.78 is 37.7. The maximum Gasteiger partial charge on any atom is 0.243 e. The van der Waals surface area contributed by atoms with E-state index < -0.39 is 10.0 Å². The van der Waals surface area contributed by atoms with E-state index in [1.165, 1.54) is 0 Å². The normalized spacial score (nSPS) is 15.1. The van der Waals surface area contributed by atoms with E-state index in [1.807, 2.05) is 12.1 Å². The number of carbonyl (C=O) groups is 1. The highest BCUT2D eigenvalue weighted by Gasteiger charge is 2.25. The quantitative estimate of drug-likeness (QED) is 0.605. The van der Waals surface area contributed by atoms with Gasteiger partial charge in [0, 0.05) is 36.7 Å². The van der Waals surface area contributed by atoms with Gasteiger partial charge in [-0.1, -0.05) is 18.6 Å². The van der Waals surface area contributed by atoms with E-state index >= 15 is 0 Å². The largest absolute Gasteiger partial charge is 0.497 e. The van der Waals surface area contributed by atoms with Gasteiger partial charge in [0.1, 0.15) is 11.3 Å². The van der Waals surface area contributed by atoms with Gasteiger partial charge in [-0.2, -0.15) is 4.31 Å². The number of benzene rings is 2. The number of ether oxygens (including phenoxy) is 1. The Kier molecular flexibility index (Phi) is 6.29. The van der Waals surface area contributed by atoms with Crippen molar-refractivity contribution in [1.82, 2.24) is 9.62 Å². The highest BCUT2D eigenvalue weighted by atomic mass is 32.2. The first-order valence-electron chi connectivity index (χ1n) is 10.4. The third-order valence-corrected chi connectivity index (χ3v) is 7.49. The van der Waals surface area contributed by atoms with Crippen molar-refractivity contribution in [3.63, 3.8) is 0 Å². The highest BCUT2D eigenvalue weighted by molar-refractivity contribution is 7.89. The predicted molar refractivity (Wildman–Crippen MR) is 117 cm³/mol. The molecule has 1 aromatic heterocycles. The van der Waals surface area contributed by atoms with Gasteiger partial charge in [-0.3, -0.25) is 4.79 Å². The molecule has 0 spiro atoms. The number of nitrogens with one attached hydrogen (secondary N) is 1. The van der Waals surface area contributed by atoms with Crippen LogP contribution in [-0.2, 0) is 27.8 Å². The molecule has 0 unspecified atom stereocenters. The topological polar surface area (TPSA) is 88.8 Å². The van der Waals surface area contributed by atoms with Crippen molar-refractivity contribution < 1.29 is 22.4 Å². The number of piperidine rings is 1. The maximum atomic E-state index is 12.7. The first kappa shape index (κ1) is 21.4. The highest BCUT2D eigenvalue weighted by Crippen LogP contribution is 2.26. The number of furan rings is 1. The molecule has 7 nitrogen and oxygen atoms in total. The molecule has 2 heterocycles. The average molecular weight is 443 g/mol. The number of amides is 1. The molecule has 0 bridgehead atoms. The van der Waals surface area contributed by atoms with Crippen molar-refractivity contribution in [2.24, 2.45) is 0 Å². The molecule has 1 aliphatic heterocycles. The molecule has 1 fully saturated rings. The van der Waals surface area contributed by atoms with E-state index in [1.54, 1.807) is 48.0 Å². The van der Waals surface area contributed by atoms with Gasteiger partial charge in [-0.25, -0.2) is 8.42 Å². The van der Waals surface area contributed by atoms with Gasteiger partial charge in [0.25, 0.3) is 0 Å². The van der Waals surface area contributed by atoms with Gasteiger partial charge >= 0.3 is 0 Å². The minimum atomic E-state index is -3.44. The van der Waals surface area contributed by atoms with Crippen LogP contribution in [0, 0.1) is 0 Å². The monoisotopic (exact) mass is 442 g/mol. The summed E-state index contributed by atoms with van der Waals surface area (Å²) in [6, 6.07) is 12.2. The van der Waals surface area contributed by atoms with Crippen LogP contribution in [0.5, 0.6) is 5.75 Å². The number of fused-ring (bicyclic) bond motifs is 1. The molecule has 164 valence electrons. The molecule has 1 aliphatic rings. The predicted octanol–water partition coefficient (Wildman–Crippen LogP) is 3.47. The number of carbonyl (C=O) groups excluding carboxylic acids is 1. The van der Waals surface area contributed by atoms with Crippen LogP contribution < -0.4 is 10.1 Å². The van der Waals surface area contributed by atoms with Crippen LogP contribution in [0.1, 0.15) is 30.4 Å². The fourth-order valence-electron chi connectivity index (χ4n) is 3.80. The molecule has 0 radical (unpaired) electrons. The smallest absolute Gasteiger partial charge is 0.243 e. The zero-order valence-electron chi connectivity index (χ0n) is 17.5. The molecule has 2 aromatic carbocycles. The van der Waals surface area contributed by atoms with Gasteiger partial charge in [0.05, 0.1) is 24.7 Å². The van der Waals surface area contributed by atoms with Gasteiger partial charge < -0.3 is 14.5 Å². The Balaban J connectivity index is 1.35. The van der Waals surface area contributed by atoms with Crippen LogP contribution in [0.4, 0.5) is 0 Å². The number of nitrogens with zero attached hydrogens (tertiary/aromatic N) is 1. The second-order valence-corrected chi connectivity index (χ2v) is 9.62. The summed E-state index contributed by atoms with van der Waals surface area (Å²) in [5.74, 6) is 0.562. The number of rotatable bonds is 7. The third-order valence-electron chi connectivity index (χ3n) is 5.58. The van der Waals surface area contributed by atoms with E-state index in [2.05, 4.69) is 5.32 Å². The minimum Gasteiger partial charge on any atom is -0.497 e. The summed E-state index contributed by atoms with van der Waals surface area (Å²) in [7, 11) is -1.85. The van der Waals surface area contributed by atoms with Gasteiger partial charge in [-0.05, 0) is 42.7 Å². The van der Waals surface area contributed by atoms with E-state index in [0.29, 0.717) is 35.9 Å². The Hall–Kier alpha value is -2.84. The molecule has 3 aromatic rings. The lowest BCUT2D eigenvalue weighted by Gasteiger charge is -2.25. The Morgan fingerprint density at radius 2 is 1.84 bits per heavy atom. The zero-order valence-corrected chi connectivity index (χ0v) is 18.3. The van der Waals surface area contributed by atoms with E-state index in [4.69, 9.17) is 9.15 Å². The zero-order chi connectivity index (χ0) is 21.8. The molecular weight excluding hydrogens is 416 g/mol. The molecule has 31 heavy (non-hydrogen) atoms. The molecule has 4 rings (SSSR count). The number of hydrogen-bond donors (Lipinski definition) is 1. The lowest BCUT2D eigenvalue weighted by atomic mass is 10.1. The first-order chi connectivity index (χ1) is 15.0. The fraction of sp³-hybridized carbons (Fsp3) is 0.348. The van der Waals surface area contributed by atoms with Crippen LogP contribution in [0.15, 0.2) is 58.0 Å². The summed E-state index contributed by atoms with van der Waals surface area (Å²) >= 11 is 0.